The first-order valence-electron chi connectivity index (χ1n) is 12.0. The number of hydrogen-bond donors (Lipinski definition) is 2. The number of hydrogen-bond acceptors (Lipinski definition) is 7. The largest absolute Gasteiger partial charge is 0.495 e. The number of carbonyl (C=O) groups excluding carboxylic acids is 3. The summed E-state index contributed by atoms with van der Waals surface area (Å²) in [5, 5.41) is 7.64. The third-order valence-electron chi connectivity index (χ3n) is 5.56. The summed E-state index contributed by atoms with van der Waals surface area (Å²) in [6, 6.07) is 12.0. The predicted octanol–water partition coefficient (Wildman–Crippen LogP) is 4.85. The molecule has 11 heteroatoms. The third-order valence-corrected chi connectivity index (χ3v) is 6.72. The number of anilines is 1. The van der Waals surface area contributed by atoms with Crippen molar-refractivity contribution in [2.24, 2.45) is 0 Å². The van der Waals surface area contributed by atoms with E-state index in [1.54, 1.807) is 47.8 Å². The quantitative estimate of drug-likeness (QED) is 0.359. The minimum absolute atomic E-state index is 0.248. The van der Waals surface area contributed by atoms with Crippen molar-refractivity contribution in [1.29, 1.82) is 0 Å². The molecular formula is C28H32ClN3O6S. The van der Waals surface area contributed by atoms with E-state index in [4.69, 9.17) is 25.8 Å². The minimum Gasteiger partial charge on any atom is -0.495 e. The van der Waals surface area contributed by atoms with E-state index in [9.17, 15) is 14.4 Å². The Bertz CT molecular complexity index is 1320. The summed E-state index contributed by atoms with van der Waals surface area (Å²) in [4.78, 5) is 42.1. The van der Waals surface area contributed by atoms with Gasteiger partial charge in [0.05, 0.1) is 37.8 Å². The number of amides is 3. The van der Waals surface area contributed by atoms with Gasteiger partial charge in [0.1, 0.15) is 11.8 Å². The smallest absolute Gasteiger partial charge is 0.261 e. The van der Waals surface area contributed by atoms with Crippen LogP contribution in [0.25, 0.3) is 0 Å². The molecule has 0 fully saturated rings. The molecule has 3 rings (SSSR count). The Morgan fingerprint density at radius 3 is 2.18 bits per heavy atom. The van der Waals surface area contributed by atoms with Crippen LogP contribution in [0.5, 0.6) is 17.2 Å². The lowest BCUT2D eigenvalue weighted by atomic mass is 10.00. The highest BCUT2D eigenvalue weighted by Crippen LogP contribution is 2.37. The SMILES string of the molecule is COc1ccc(N(C(=O)CNC(=O)c2cccs2)[C@@H](C(=O)NC(C)(C)C)c2ccc(OC)c(OC)c2)cc1Cl. The van der Waals surface area contributed by atoms with E-state index >= 15 is 0 Å². The van der Waals surface area contributed by atoms with Gasteiger partial charge in [-0.3, -0.25) is 19.3 Å². The molecule has 0 aliphatic rings. The molecule has 2 aromatic carbocycles. The van der Waals surface area contributed by atoms with Crippen molar-refractivity contribution >= 4 is 46.3 Å². The molecule has 3 aromatic rings. The number of rotatable bonds is 10. The summed E-state index contributed by atoms with van der Waals surface area (Å²) in [5.41, 5.74) is 0.185. The maximum absolute atomic E-state index is 13.9. The number of thiophene rings is 1. The van der Waals surface area contributed by atoms with Crippen LogP contribution >= 0.6 is 22.9 Å². The zero-order valence-corrected chi connectivity index (χ0v) is 24.2. The van der Waals surface area contributed by atoms with E-state index in [0.29, 0.717) is 33.4 Å². The number of methoxy groups -OCH3 is 3. The van der Waals surface area contributed by atoms with Gasteiger partial charge in [0, 0.05) is 11.2 Å². The molecular weight excluding hydrogens is 542 g/mol. The summed E-state index contributed by atoms with van der Waals surface area (Å²) >= 11 is 7.69. The first-order valence-corrected chi connectivity index (χ1v) is 13.3. The van der Waals surface area contributed by atoms with E-state index in [2.05, 4.69) is 10.6 Å². The van der Waals surface area contributed by atoms with Crippen molar-refractivity contribution in [3.05, 3.63) is 69.4 Å². The highest BCUT2D eigenvalue weighted by atomic mass is 35.5. The average Bonchev–Trinajstić information content (AvgIpc) is 3.44. The van der Waals surface area contributed by atoms with Gasteiger partial charge in [-0.2, -0.15) is 0 Å². The van der Waals surface area contributed by atoms with Crippen LogP contribution < -0.4 is 29.7 Å². The minimum atomic E-state index is -1.15. The number of benzene rings is 2. The van der Waals surface area contributed by atoms with E-state index < -0.39 is 29.3 Å². The third kappa shape index (κ3) is 7.42. The van der Waals surface area contributed by atoms with Crippen molar-refractivity contribution in [2.45, 2.75) is 32.4 Å². The maximum atomic E-state index is 13.9. The lowest BCUT2D eigenvalue weighted by molar-refractivity contribution is -0.127. The van der Waals surface area contributed by atoms with Gasteiger partial charge in [-0.25, -0.2) is 0 Å². The number of nitrogens with zero attached hydrogens (tertiary/aromatic N) is 1. The standard InChI is InChI=1S/C28H32ClN3O6S/c1-28(2,3)31-27(35)25(17-9-11-21(37-5)22(14-17)38-6)32(18-10-12-20(36-4)19(29)15-18)24(33)16-30-26(34)23-8-7-13-39-23/h7-15,25H,16H2,1-6H3,(H,30,34)(H,31,35)/t25-/m1/s1. The van der Waals surface area contributed by atoms with Crippen LogP contribution in [0, 0.1) is 0 Å². The fraction of sp³-hybridized carbons (Fsp3) is 0.321. The first kappa shape index (κ1) is 29.8. The van der Waals surface area contributed by atoms with Gasteiger partial charge in [-0.15, -0.1) is 11.3 Å². The molecule has 2 N–H and O–H groups in total. The van der Waals surface area contributed by atoms with E-state index in [0.717, 1.165) is 0 Å². The Morgan fingerprint density at radius 2 is 1.62 bits per heavy atom. The zero-order valence-electron chi connectivity index (χ0n) is 22.7. The molecule has 0 spiro atoms. The van der Waals surface area contributed by atoms with Gasteiger partial charge in [0.25, 0.3) is 5.91 Å². The van der Waals surface area contributed by atoms with Crippen LogP contribution in [-0.4, -0.2) is 51.1 Å². The molecule has 0 saturated heterocycles. The van der Waals surface area contributed by atoms with E-state index in [-0.39, 0.29) is 11.6 Å². The normalized spacial score (nSPS) is 11.8. The highest BCUT2D eigenvalue weighted by Gasteiger charge is 2.35. The molecule has 0 bridgehead atoms. The van der Waals surface area contributed by atoms with Crippen molar-refractivity contribution < 1.29 is 28.6 Å². The Balaban J connectivity index is 2.13. The molecule has 39 heavy (non-hydrogen) atoms. The van der Waals surface area contributed by atoms with Crippen LogP contribution in [-0.2, 0) is 9.59 Å². The van der Waals surface area contributed by atoms with Gasteiger partial charge in [-0.05, 0) is 68.1 Å². The monoisotopic (exact) mass is 573 g/mol. The first-order chi connectivity index (χ1) is 18.5. The molecule has 9 nitrogen and oxygen atoms in total. The van der Waals surface area contributed by atoms with Gasteiger partial charge < -0.3 is 24.8 Å². The fourth-order valence-corrected chi connectivity index (χ4v) is 4.75. The van der Waals surface area contributed by atoms with Gasteiger partial charge in [0.2, 0.25) is 11.8 Å². The summed E-state index contributed by atoms with van der Waals surface area (Å²) in [6.45, 7) is 5.16. The lowest BCUT2D eigenvalue weighted by Crippen LogP contribution is -2.51. The Hall–Kier alpha value is -3.76. The van der Waals surface area contributed by atoms with Gasteiger partial charge in [-0.1, -0.05) is 23.7 Å². The molecule has 0 radical (unpaired) electrons. The molecule has 0 aliphatic heterocycles. The topological polar surface area (TPSA) is 106 Å². The van der Waals surface area contributed by atoms with E-state index in [1.807, 2.05) is 20.8 Å². The lowest BCUT2D eigenvalue weighted by Gasteiger charge is -2.34. The van der Waals surface area contributed by atoms with Crippen LogP contribution in [0.4, 0.5) is 5.69 Å². The predicted molar refractivity (Wildman–Crippen MR) is 152 cm³/mol. The van der Waals surface area contributed by atoms with Crippen LogP contribution in [0.15, 0.2) is 53.9 Å². The Kier molecular flexibility index (Phi) is 9.82. The van der Waals surface area contributed by atoms with Crippen molar-refractivity contribution in [3.63, 3.8) is 0 Å². The zero-order chi connectivity index (χ0) is 28.7. The second-order valence-corrected chi connectivity index (χ2v) is 10.9. The highest BCUT2D eigenvalue weighted by molar-refractivity contribution is 7.12. The number of carbonyl (C=O) groups is 3. The van der Waals surface area contributed by atoms with Gasteiger partial charge >= 0.3 is 0 Å². The van der Waals surface area contributed by atoms with Crippen molar-refractivity contribution in [3.8, 4) is 17.2 Å². The average molecular weight is 574 g/mol. The second kappa shape index (κ2) is 12.9. The van der Waals surface area contributed by atoms with Crippen molar-refractivity contribution in [1.82, 2.24) is 10.6 Å². The number of ether oxygens (including phenoxy) is 3. The molecule has 208 valence electrons. The Morgan fingerprint density at radius 1 is 0.949 bits per heavy atom. The maximum Gasteiger partial charge on any atom is 0.261 e. The summed E-state index contributed by atoms with van der Waals surface area (Å²) in [5.74, 6) is -0.127. The summed E-state index contributed by atoms with van der Waals surface area (Å²) in [7, 11) is 4.47. The van der Waals surface area contributed by atoms with Gasteiger partial charge in [0.15, 0.2) is 11.5 Å². The van der Waals surface area contributed by atoms with Crippen LogP contribution in [0.1, 0.15) is 42.0 Å². The molecule has 1 aromatic heterocycles. The number of nitrogens with one attached hydrogen (secondary N) is 2. The molecule has 1 heterocycles. The molecule has 0 aliphatic carbocycles. The summed E-state index contributed by atoms with van der Waals surface area (Å²) < 4.78 is 16.1. The fourth-order valence-electron chi connectivity index (χ4n) is 3.86. The summed E-state index contributed by atoms with van der Waals surface area (Å²) in [6.07, 6.45) is 0. The number of halogens is 1. The molecule has 3 amide bonds. The molecule has 1 atom stereocenters. The van der Waals surface area contributed by atoms with E-state index in [1.165, 1.54) is 43.6 Å². The van der Waals surface area contributed by atoms with Crippen LogP contribution in [0.2, 0.25) is 5.02 Å². The molecule has 0 saturated carbocycles. The Labute approximate surface area is 237 Å². The molecule has 0 unspecified atom stereocenters. The second-order valence-electron chi connectivity index (χ2n) is 9.50. The van der Waals surface area contributed by atoms with Crippen LogP contribution in [0.3, 0.4) is 0 Å². The van der Waals surface area contributed by atoms with Crippen molar-refractivity contribution in [2.75, 3.05) is 32.8 Å².